The molecule has 0 radical (unpaired) electrons. The summed E-state index contributed by atoms with van der Waals surface area (Å²) in [6.45, 7) is 1.20. The number of hydrogen-bond donors (Lipinski definition) is 2. The van der Waals surface area contributed by atoms with E-state index in [2.05, 4.69) is 5.32 Å². The maximum atomic E-state index is 13.1. The molecule has 5 nitrogen and oxygen atoms in total. The van der Waals surface area contributed by atoms with Gasteiger partial charge in [0.25, 0.3) is 5.91 Å². The van der Waals surface area contributed by atoms with Crippen LogP contribution in [0.15, 0.2) is 54.6 Å². The minimum Gasteiger partial charge on any atom is -0.340 e. The number of nitrogens with two attached hydrogens (primary N) is 1. The monoisotopic (exact) mass is 421 g/mol. The van der Waals surface area contributed by atoms with Gasteiger partial charge in [0.05, 0.1) is 0 Å². The number of amides is 2. The summed E-state index contributed by atoms with van der Waals surface area (Å²) in [7, 11) is 0. The molecule has 0 bridgehead atoms. The van der Waals surface area contributed by atoms with Crippen molar-refractivity contribution in [2.24, 2.45) is 5.73 Å². The molecule has 2 aromatic carbocycles. The average molecular weight is 422 g/mol. The van der Waals surface area contributed by atoms with Crippen LogP contribution in [0.5, 0.6) is 0 Å². The van der Waals surface area contributed by atoms with Crippen LogP contribution in [0, 0.1) is 0 Å². The quantitative estimate of drug-likeness (QED) is 0.778. The van der Waals surface area contributed by atoms with Crippen molar-refractivity contribution in [2.45, 2.75) is 31.3 Å². The lowest BCUT2D eigenvalue weighted by Gasteiger charge is -2.33. The normalized spacial score (nSPS) is 17.4. The second kappa shape index (κ2) is 10.5. The summed E-state index contributed by atoms with van der Waals surface area (Å²) in [5.41, 5.74) is 7.50. The van der Waals surface area contributed by atoms with Gasteiger partial charge in [-0.25, -0.2) is 0 Å². The number of likely N-dealkylation sites (tertiary alicyclic amines) is 1. The van der Waals surface area contributed by atoms with Gasteiger partial charge in [-0.1, -0.05) is 41.9 Å². The Hall–Kier alpha value is -2.08. The van der Waals surface area contributed by atoms with Gasteiger partial charge in [0.15, 0.2) is 0 Å². The molecule has 2 amide bonds. The number of piperidine rings is 1. The highest BCUT2D eigenvalue weighted by Gasteiger charge is 2.29. The first-order chi connectivity index (χ1) is 13.0. The number of nitrogens with one attached hydrogen (secondary N) is 1. The Bertz CT molecular complexity index is 784. The molecule has 28 heavy (non-hydrogen) atoms. The largest absolute Gasteiger partial charge is 0.340 e. The molecule has 1 saturated heterocycles. The van der Waals surface area contributed by atoms with Crippen LogP contribution in [0.25, 0.3) is 0 Å². The molecule has 1 heterocycles. The molecule has 0 saturated carbocycles. The third kappa shape index (κ3) is 5.96. The molecule has 0 spiro atoms. The zero-order valence-electron chi connectivity index (χ0n) is 15.5. The Kier molecular flexibility index (Phi) is 8.30. The molecule has 3 rings (SSSR count). The van der Waals surface area contributed by atoms with E-state index in [0.717, 1.165) is 18.4 Å². The second-order valence-electron chi connectivity index (χ2n) is 6.91. The molecule has 2 atom stereocenters. The fourth-order valence-electron chi connectivity index (χ4n) is 3.32. The Morgan fingerprint density at radius 2 is 1.82 bits per heavy atom. The lowest BCUT2D eigenvalue weighted by Crippen LogP contribution is -2.54. The van der Waals surface area contributed by atoms with E-state index in [9.17, 15) is 9.59 Å². The van der Waals surface area contributed by atoms with Gasteiger partial charge in [-0.15, -0.1) is 12.4 Å². The second-order valence-corrected chi connectivity index (χ2v) is 7.35. The molecule has 150 valence electrons. The van der Waals surface area contributed by atoms with Crippen molar-refractivity contribution in [3.8, 4) is 0 Å². The molecule has 3 N–H and O–H groups in total. The number of halogens is 2. The van der Waals surface area contributed by atoms with Gasteiger partial charge in [0.2, 0.25) is 5.91 Å². The van der Waals surface area contributed by atoms with Crippen molar-refractivity contribution in [2.75, 3.05) is 13.1 Å². The third-order valence-corrected chi connectivity index (χ3v) is 5.01. The topological polar surface area (TPSA) is 75.4 Å². The predicted molar refractivity (Wildman–Crippen MR) is 114 cm³/mol. The van der Waals surface area contributed by atoms with Gasteiger partial charge in [0, 0.05) is 36.1 Å². The summed E-state index contributed by atoms with van der Waals surface area (Å²) in [6, 6.07) is 15.7. The van der Waals surface area contributed by atoms with Crippen LogP contribution in [-0.4, -0.2) is 41.9 Å². The van der Waals surface area contributed by atoms with E-state index in [0.29, 0.717) is 30.1 Å². The molecule has 7 heteroatoms. The van der Waals surface area contributed by atoms with Crippen LogP contribution in [0.1, 0.15) is 28.8 Å². The van der Waals surface area contributed by atoms with Gasteiger partial charge in [-0.2, -0.15) is 0 Å². The average Bonchev–Trinajstić information content (AvgIpc) is 2.68. The molecular formula is C21H25Cl2N3O2. The Balaban J connectivity index is 0.00000280. The first-order valence-electron chi connectivity index (χ1n) is 9.17. The highest BCUT2D eigenvalue weighted by molar-refractivity contribution is 6.30. The number of carbonyl (C=O) groups is 2. The maximum Gasteiger partial charge on any atom is 0.251 e. The van der Waals surface area contributed by atoms with E-state index in [4.69, 9.17) is 17.3 Å². The fraction of sp³-hybridized carbons (Fsp3) is 0.333. The van der Waals surface area contributed by atoms with E-state index >= 15 is 0 Å². The number of nitrogens with zero attached hydrogens (tertiary/aromatic N) is 1. The van der Waals surface area contributed by atoms with Crippen molar-refractivity contribution >= 4 is 35.8 Å². The summed E-state index contributed by atoms with van der Waals surface area (Å²) in [6.07, 6.45) is 2.24. The van der Waals surface area contributed by atoms with Crippen LogP contribution >= 0.6 is 24.0 Å². The zero-order chi connectivity index (χ0) is 19.2. The number of carbonyl (C=O) groups excluding carboxylic acids is 2. The minimum absolute atomic E-state index is 0. The van der Waals surface area contributed by atoms with E-state index in [-0.39, 0.29) is 30.3 Å². The van der Waals surface area contributed by atoms with Crippen molar-refractivity contribution < 1.29 is 9.59 Å². The Labute approximate surface area is 176 Å². The molecule has 2 aromatic rings. The summed E-state index contributed by atoms with van der Waals surface area (Å²) < 4.78 is 0. The van der Waals surface area contributed by atoms with Gasteiger partial charge >= 0.3 is 0 Å². The number of rotatable bonds is 5. The van der Waals surface area contributed by atoms with Crippen LogP contribution in [0.3, 0.4) is 0 Å². The van der Waals surface area contributed by atoms with E-state index in [1.165, 1.54) is 0 Å². The minimum atomic E-state index is -0.638. The van der Waals surface area contributed by atoms with Gasteiger partial charge < -0.3 is 16.0 Å². The summed E-state index contributed by atoms with van der Waals surface area (Å²) in [5, 5.41) is 3.46. The van der Waals surface area contributed by atoms with Gasteiger partial charge in [-0.3, -0.25) is 9.59 Å². The van der Waals surface area contributed by atoms with Gasteiger partial charge in [0.1, 0.15) is 6.04 Å². The third-order valence-electron chi connectivity index (χ3n) is 4.76. The highest BCUT2D eigenvalue weighted by atomic mass is 35.5. The van der Waals surface area contributed by atoms with Crippen molar-refractivity contribution in [3.63, 3.8) is 0 Å². The van der Waals surface area contributed by atoms with E-state index in [1.807, 2.05) is 30.3 Å². The Morgan fingerprint density at radius 1 is 1.14 bits per heavy atom. The van der Waals surface area contributed by atoms with Crippen LogP contribution < -0.4 is 11.1 Å². The van der Waals surface area contributed by atoms with Crippen molar-refractivity contribution in [3.05, 3.63) is 70.7 Å². The maximum absolute atomic E-state index is 13.1. The van der Waals surface area contributed by atoms with Crippen LogP contribution in [-0.2, 0) is 11.2 Å². The van der Waals surface area contributed by atoms with Crippen LogP contribution in [0.4, 0.5) is 0 Å². The van der Waals surface area contributed by atoms with E-state index in [1.54, 1.807) is 29.2 Å². The molecule has 1 fully saturated rings. The molecular weight excluding hydrogens is 397 g/mol. The predicted octanol–water partition coefficient (Wildman–Crippen LogP) is 3.05. The Morgan fingerprint density at radius 3 is 2.46 bits per heavy atom. The highest BCUT2D eigenvalue weighted by Crippen LogP contribution is 2.14. The van der Waals surface area contributed by atoms with Crippen molar-refractivity contribution in [1.29, 1.82) is 0 Å². The van der Waals surface area contributed by atoms with Crippen LogP contribution in [0.2, 0.25) is 5.02 Å². The number of benzene rings is 2. The lowest BCUT2D eigenvalue weighted by molar-refractivity contribution is -0.134. The van der Waals surface area contributed by atoms with Gasteiger partial charge in [-0.05, 0) is 42.7 Å². The molecule has 1 aliphatic rings. The summed E-state index contributed by atoms with van der Waals surface area (Å²) in [4.78, 5) is 27.5. The zero-order valence-corrected chi connectivity index (χ0v) is 17.1. The molecule has 1 aliphatic heterocycles. The summed E-state index contributed by atoms with van der Waals surface area (Å²) >= 11 is 5.89. The standard InChI is InChI=1S/C21H24ClN3O2.ClH/c22-17-10-8-16(9-11-17)20(26)24-19(13-15-5-2-1-3-6-15)21(27)25-12-4-7-18(23)14-25;/h1-3,5-6,8-11,18-19H,4,7,12-14,23H2,(H,24,26);1H. The lowest BCUT2D eigenvalue weighted by atomic mass is 10.0. The fourth-order valence-corrected chi connectivity index (χ4v) is 3.45. The molecule has 2 unspecified atom stereocenters. The SMILES string of the molecule is Cl.NC1CCCN(C(=O)C(Cc2ccccc2)NC(=O)c2ccc(Cl)cc2)C1. The smallest absolute Gasteiger partial charge is 0.251 e. The first kappa shape index (κ1) is 22.2. The number of hydrogen-bond acceptors (Lipinski definition) is 3. The molecule has 0 aromatic heterocycles. The first-order valence-corrected chi connectivity index (χ1v) is 9.55. The van der Waals surface area contributed by atoms with E-state index < -0.39 is 6.04 Å². The molecule has 0 aliphatic carbocycles. The summed E-state index contributed by atoms with van der Waals surface area (Å²) in [5.74, 6) is -0.376. The van der Waals surface area contributed by atoms with Crippen molar-refractivity contribution in [1.82, 2.24) is 10.2 Å².